The number of hydrogen-bond acceptors (Lipinski definition) is 5. The highest BCUT2D eigenvalue weighted by Gasteiger charge is 2.18. The zero-order chi connectivity index (χ0) is 15.7. The van der Waals surface area contributed by atoms with Gasteiger partial charge in [-0.1, -0.05) is 0 Å². The van der Waals surface area contributed by atoms with Crippen molar-refractivity contribution in [3.8, 4) is 0 Å². The molecule has 0 bridgehead atoms. The number of thiophene rings is 1. The number of carbonyl (C=O) groups excluding carboxylic acids is 1. The molecule has 0 aliphatic rings. The molecular formula is C13H20N2O5S. The van der Waals surface area contributed by atoms with Gasteiger partial charge in [0.15, 0.2) is 0 Å². The van der Waals surface area contributed by atoms with E-state index in [9.17, 15) is 9.59 Å². The first-order valence-electron chi connectivity index (χ1n) is 6.44. The Morgan fingerprint density at radius 2 is 2.00 bits per heavy atom. The SMILES string of the molecule is COCCCN(CCOC)C(=O)Nc1sccc1C(=O)O. The second-order valence-corrected chi connectivity index (χ2v) is 5.14. The molecule has 0 fully saturated rings. The van der Waals surface area contributed by atoms with Crippen LogP contribution in [0.1, 0.15) is 16.8 Å². The fourth-order valence-electron chi connectivity index (χ4n) is 1.67. The predicted octanol–water partition coefficient (Wildman–Crippen LogP) is 1.96. The molecule has 118 valence electrons. The number of urea groups is 1. The van der Waals surface area contributed by atoms with Gasteiger partial charge in [0.05, 0.1) is 12.2 Å². The van der Waals surface area contributed by atoms with Crippen LogP contribution in [0.15, 0.2) is 11.4 Å². The molecule has 1 heterocycles. The predicted molar refractivity (Wildman–Crippen MR) is 80.2 cm³/mol. The Morgan fingerprint density at radius 3 is 2.62 bits per heavy atom. The number of rotatable bonds is 9. The van der Waals surface area contributed by atoms with Crippen molar-refractivity contribution in [1.29, 1.82) is 0 Å². The van der Waals surface area contributed by atoms with Crippen molar-refractivity contribution in [3.05, 3.63) is 17.0 Å². The number of aromatic carboxylic acids is 1. The second-order valence-electron chi connectivity index (χ2n) is 4.22. The first kappa shape index (κ1) is 17.4. The number of carbonyl (C=O) groups is 2. The largest absolute Gasteiger partial charge is 0.478 e. The average molecular weight is 316 g/mol. The number of ether oxygens (including phenoxy) is 2. The third kappa shape index (κ3) is 5.70. The molecule has 2 N–H and O–H groups in total. The van der Waals surface area contributed by atoms with E-state index in [-0.39, 0.29) is 11.6 Å². The van der Waals surface area contributed by atoms with Gasteiger partial charge in [-0.25, -0.2) is 9.59 Å². The van der Waals surface area contributed by atoms with E-state index in [2.05, 4.69) is 5.32 Å². The summed E-state index contributed by atoms with van der Waals surface area (Å²) in [4.78, 5) is 24.8. The van der Waals surface area contributed by atoms with Crippen LogP contribution < -0.4 is 5.32 Å². The van der Waals surface area contributed by atoms with Crippen molar-refractivity contribution >= 4 is 28.3 Å². The van der Waals surface area contributed by atoms with Gasteiger partial charge in [-0.2, -0.15) is 0 Å². The van der Waals surface area contributed by atoms with Crippen LogP contribution in [0.5, 0.6) is 0 Å². The van der Waals surface area contributed by atoms with Crippen molar-refractivity contribution in [2.75, 3.05) is 45.8 Å². The summed E-state index contributed by atoms with van der Waals surface area (Å²) in [6.07, 6.45) is 0.698. The van der Waals surface area contributed by atoms with E-state index < -0.39 is 5.97 Å². The van der Waals surface area contributed by atoms with Crippen LogP contribution in [0.2, 0.25) is 0 Å². The summed E-state index contributed by atoms with van der Waals surface area (Å²) < 4.78 is 9.95. The Morgan fingerprint density at radius 1 is 1.29 bits per heavy atom. The van der Waals surface area contributed by atoms with Crippen LogP contribution in [0, 0.1) is 0 Å². The molecule has 1 rings (SSSR count). The number of carboxylic acid groups (broad SMARTS) is 1. The quantitative estimate of drug-likeness (QED) is 0.680. The van der Waals surface area contributed by atoms with E-state index in [4.69, 9.17) is 14.6 Å². The third-order valence-electron chi connectivity index (χ3n) is 2.75. The summed E-state index contributed by atoms with van der Waals surface area (Å²) in [6.45, 7) is 1.91. The van der Waals surface area contributed by atoms with Gasteiger partial charge in [-0.3, -0.25) is 5.32 Å². The molecule has 1 aromatic rings. The maximum absolute atomic E-state index is 12.2. The summed E-state index contributed by atoms with van der Waals surface area (Å²) in [7, 11) is 3.16. The smallest absolute Gasteiger partial charge is 0.338 e. The van der Waals surface area contributed by atoms with Gasteiger partial charge >= 0.3 is 12.0 Å². The van der Waals surface area contributed by atoms with Gasteiger partial charge in [-0.15, -0.1) is 11.3 Å². The van der Waals surface area contributed by atoms with E-state index in [0.717, 1.165) is 0 Å². The van der Waals surface area contributed by atoms with Crippen LogP contribution >= 0.6 is 11.3 Å². The van der Waals surface area contributed by atoms with Gasteiger partial charge in [-0.05, 0) is 17.9 Å². The highest BCUT2D eigenvalue weighted by atomic mass is 32.1. The number of methoxy groups -OCH3 is 2. The van der Waals surface area contributed by atoms with Gasteiger partial charge in [0.1, 0.15) is 5.00 Å². The number of amides is 2. The molecule has 0 unspecified atom stereocenters. The second kappa shape index (κ2) is 9.32. The van der Waals surface area contributed by atoms with Crippen LogP contribution in [0.3, 0.4) is 0 Å². The standard InChI is InChI=1S/C13H20N2O5S/c1-19-7-3-5-15(6-8-20-2)13(18)14-11-10(12(16)17)4-9-21-11/h4,9H,3,5-8H2,1-2H3,(H,14,18)(H,16,17). The summed E-state index contributed by atoms with van der Waals surface area (Å²) >= 11 is 1.18. The molecule has 2 amide bonds. The van der Waals surface area contributed by atoms with Crippen molar-refractivity contribution in [3.63, 3.8) is 0 Å². The molecular weight excluding hydrogens is 296 g/mol. The van der Waals surface area contributed by atoms with E-state index >= 15 is 0 Å². The third-order valence-corrected chi connectivity index (χ3v) is 3.57. The number of carboxylic acids is 1. The van der Waals surface area contributed by atoms with E-state index in [0.29, 0.717) is 37.7 Å². The van der Waals surface area contributed by atoms with Crippen molar-refractivity contribution < 1.29 is 24.2 Å². The number of hydrogen-bond donors (Lipinski definition) is 2. The Kier molecular flexibility index (Phi) is 7.73. The lowest BCUT2D eigenvalue weighted by Gasteiger charge is -2.22. The van der Waals surface area contributed by atoms with Gasteiger partial charge < -0.3 is 19.5 Å². The Bertz CT molecular complexity index is 463. The zero-order valence-corrected chi connectivity index (χ0v) is 12.9. The van der Waals surface area contributed by atoms with Gasteiger partial charge in [0, 0.05) is 33.9 Å². The molecule has 0 aliphatic heterocycles. The van der Waals surface area contributed by atoms with Crippen LogP contribution in [-0.4, -0.2) is 62.5 Å². The maximum Gasteiger partial charge on any atom is 0.338 e. The fraction of sp³-hybridized carbons (Fsp3) is 0.538. The van der Waals surface area contributed by atoms with E-state index in [1.165, 1.54) is 17.4 Å². The van der Waals surface area contributed by atoms with E-state index in [1.807, 2.05) is 0 Å². The molecule has 21 heavy (non-hydrogen) atoms. The summed E-state index contributed by atoms with van der Waals surface area (Å²) in [6, 6.07) is 1.13. The number of nitrogens with zero attached hydrogens (tertiary/aromatic N) is 1. The van der Waals surface area contributed by atoms with E-state index in [1.54, 1.807) is 24.5 Å². The van der Waals surface area contributed by atoms with Crippen LogP contribution in [0.25, 0.3) is 0 Å². The monoisotopic (exact) mass is 316 g/mol. The minimum absolute atomic E-state index is 0.0944. The normalized spacial score (nSPS) is 10.4. The number of anilines is 1. The van der Waals surface area contributed by atoms with Gasteiger partial charge in [0.2, 0.25) is 0 Å². The minimum Gasteiger partial charge on any atom is -0.478 e. The lowest BCUT2D eigenvalue weighted by Crippen LogP contribution is -2.38. The fourth-order valence-corrected chi connectivity index (χ4v) is 2.44. The Labute approximate surface area is 127 Å². The summed E-state index contributed by atoms with van der Waals surface area (Å²) in [5.74, 6) is -1.06. The van der Waals surface area contributed by atoms with Crippen molar-refractivity contribution in [2.24, 2.45) is 0 Å². The van der Waals surface area contributed by atoms with Crippen LogP contribution in [-0.2, 0) is 9.47 Å². The minimum atomic E-state index is -1.06. The molecule has 0 atom stereocenters. The lowest BCUT2D eigenvalue weighted by molar-refractivity contribution is 0.0698. The Hall–Kier alpha value is -1.64. The first-order chi connectivity index (χ1) is 10.1. The van der Waals surface area contributed by atoms with Crippen LogP contribution in [0.4, 0.5) is 9.80 Å². The molecule has 0 saturated carbocycles. The van der Waals surface area contributed by atoms with Gasteiger partial charge in [0.25, 0.3) is 0 Å². The molecule has 7 nitrogen and oxygen atoms in total. The summed E-state index contributed by atoms with van der Waals surface area (Å²) in [5, 5.41) is 13.6. The molecule has 0 spiro atoms. The number of nitrogens with one attached hydrogen (secondary N) is 1. The molecule has 0 saturated heterocycles. The first-order valence-corrected chi connectivity index (χ1v) is 7.32. The summed E-state index contributed by atoms with van der Waals surface area (Å²) in [5.41, 5.74) is 0.0944. The lowest BCUT2D eigenvalue weighted by atomic mass is 10.3. The topological polar surface area (TPSA) is 88.1 Å². The molecule has 1 aromatic heterocycles. The average Bonchev–Trinajstić information content (AvgIpc) is 2.90. The molecule has 0 aromatic carbocycles. The Balaban J connectivity index is 2.65. The zero-order valence-electron chi connectivity index (χ0n) is 12.1. The van der Waals surface area contributed by atoms with Crippen molar-refractivity contribution in [1.82, 2.24) is 4.90 Å². The molecule has 0 aliphatic carbocycles. The highest BCUT2D eigenvalue weighted by molar-refractivity contribution is 7.14. The molecule has 8 heteroatoms. The highest BCUT2D eigenvalue weighted by Crippen LogP contribution is 2.23. The van der Waals surface area contributed by atoms with Crippen molar-refractivity contribution in [2.45, 2.75) is 6.42 Å². The maximum atomic E-state index is 12.2. The molecule has 0 radical (unpaired) electrons.